The molecule has 0 atom stereocenters. The fraction of sp³-hybridized carbons (Fsp3) is 0.0385. The first-order chi connectivity index (χ1) is 16.3. The van der Waals surface area contributed by atoms with Crippen LogP contribution < -0.4 is 0 Å². The predicted molar refractivity (Wildman–Crippen MR) is 122 cm³/mol. The fourth-order valence-corrected chi connectivity index (χ4v) is 3.92. The molecule has 34 heavy (non-hydrogen) atoms. The number of aromatic amines is 1. The number of carboxylic acids is 1. The topological polar surface area (TPSA) is 78.9 Å². The Morgan fingerprint density at radius 3 is 2.06 bits per heavy atom. The van der Waals surface area contributed by atoms with E-state index in [9.17, 15) is 23.1 Å². The number of aromatic carboxylic acids is 1. The molecule has 1 aromatic heterocycles. The van der Waals surface area contributed by atoms with Crippen LogP contribution in [0.1, 0.15) is 15.9 Å². The van der Waals surface area contributed by atoms with Gasteiger partial charge in [0.15, 0.2) is 5.82 Å². The second kappa shape index (κ2) is 8.15. The van der Waals surface area contributed by atoms with Crippen molar-refractivity contribution in [3.63, 3.8) is 0 Å². The van der Waals surface area contributed by atoms with Crippen LogP contribution in [-0.4, -0.2) is 26.3 Å². The average Bonchev–Trinajstić information content (AvgIpc) is 3.38. The average molecular weight is 459 g/mol. The molecule has 0 saturated heterocycles. The van der Waals surface area contributed by atoms with Gasteiger partial charge in [0.2, 0.25) is 0 Å². The third-order valence-corrected chi connectivity index (χ3v) is 5.63. The first-order valence-electron chi connectivity index (χ1n) is 10.3. The molecule has 8 heteroatoms. The lowest BCUT2D eigenvalue weighted by Gasteiger charge is -2.12. The Labute approximate surface area is 191 Å². The molecule has 0 saturated carbocycles. The zero-order chi connectivity index (χ0) is 23.9. The van der Waals surface area contributed by atoms with Gasteiger partial charge in [-0.05, 0) is 63.4 Å². The molecule has 0 aliphatic carbocycles. The summed E-state index contributed by atoms with van der Waals surface area (Å²) < 4.78 is 38.7. The molecule has 0 aliphatic heterocycles. The summed E-state index contributed by atoms with van der Waals surface area (Å²) in [5.74, 6) is -0.446. The minimum atomic E-state index is -4.41. The lowest BCUT2D eigenvalue weighted by molar-refractivity contribution is -0.137. The summed E-state index contributed by atoms with van der Waals surface area (Å²) in [6.07, 6.45) is -2.92. The molecule has 0 amide bonds. The van der Waals surface area contributed by atoms with Crippen LogP contribution in [0.3, 0.4) is 0 Å². The Morgan fingerprint density at radius 1 is 0.794 bits per heavy atom. The number of carboxylic acid groups (broad SMARTS) is 1. The Morgan fingerprint density at radius 2 is 1.44 bits per heavy atom. The van der Waals surface area contributed by atoms with Crippen molar-refractivity contribution in [1.29, 1.82) is 0 Å². The van der Waals surface area contributed by atoms with Gasteiger partial charge in [-0.1, -0.05) is 48.5 Å². The zero-order valence-electron chi connectivity index (χ0n) is 17.5. The standard InChI is InChI=1S/C26H16F3N3O2/c27-26(28,29)21-8-5-15(6-9-21)18-7-10-22-19(11-18)12-20(25(33)34)13-23(22)16-1-3-17(4-2-16)24-30-14-31-32-24/h1-14H,(H,33,34)(H,30,31,32). The van der Waals surface area contributed by atoms with E-state index in [-0.39, 0.29) is 5.56 Å². The number of rotatable bonds is 4. The van der Waals surface area contributed by atoms with Crippen molar-refractivity contribution in [3.05, 3.63) is 96.3 Å². The van der Waals surface area contributed by atoms with E-state index in [2.05, 4.69) is 15.2 Å². The molecule has 5 aromatic rings. The maximum absolute atomic E-state index is 12.9. The molecule has 0 radical (unpaired) electrons. The highest BCUT2D eigenvalue weighted by molar-refractivity contribution is 6.04. The molecule has 0 fully saturated rings. The molecule has 2 N–H and O–H groups in total. The number of benzene rings is 4. The number of halogens is 3. The number of aromatic nitrogens is 3. The first-order valence-corrected chi connectivity index (χ1v) is 10.3. The van der Waals surface area contributed by atoms with E-state index in [1.165, 1.54) is 18.5 Å². The molecule has 0 spiro atoms. The van der Waals surface area contributed by atoms with E-state index in [4.69, 9.17) is 0 Å². The van der Waals surface area contributed by atoms with E-state index in [0.717, 1.165) is 34.2 Å². The third-order valence-electron chi connectivity index (χ3n) is 5.63. The first kappa shape index (κ1) is 21.4. The van der Waals surface area contributed by atoms with E-state index in [1.54, 1.807) is 18.2 Å². The van der Waals surface area contributed by atoms with E-state index in [0.29, 0.717) is 22.3 Å². The van der Waals surface area contributed by atoms with Crippen molar-refractivity contribution in [2.75, 3.05) is 0 Å². The molecular formula is C26H16F3N3O2. The van der Waals surface area contributed by atoms with Crippen molar-refractivity contribution < 1.29 is 23.1 Å². The summed E-state index contributed by atoms with van der Waals surface area (Å²) in [4.78, 5) is 14.7. The molecule has 5 rings (SSSR count). The number of hydrogen-bond donors (Lipinski definition) is 2. The van der Waals surface area contributed by atoms with Crippen LogP contribution in [0, 0.1) is 0 Å². The number of hydrogen-bond acceptors (Lipinski definition) is 3. The predicted octanol–water partition coefficient (Wildman–Crippen LogP) is 6.68. The summed E-state index contributed by atoms with van der Waals surface area (Å²) in [6, 6.07) is 21.0. The summed E-state index contributed by atoms with van der Waals surface area (Å²) >= 11 is 0. The third kappa shape index (κ3) is 4.01. The van der Waals surface area contributed by atoms with Gasteiger partial charge in [-0.15, -0.1) is 10.2 Å². The maximum atomic E-state index is 12.9. The van der Waals surface area contributed by atoms with Gasteiger partial charge in [0.25, 0.3) is 0 Å². The maximum Gasteiger partial charge on any atom is 0.416 e. The summed E-state index contributed by atoms with van der Waals surface area (Å²) in [5.41, 5.74) is 3.08. The van der Waals surface area contributed by atoms with Gasteiger partial charge in [0.05, 0.1) is 11.1 Å². The Kier molecular flexibility index (Phi) is 5.13. The van der Waals surface area contributed by atoms with Gasteiger partial charge in [-0.25, -0.2) is 4.79 Å². The van der Waals surface area contributed by atoms with Crippen LogP contribution in [-0.2, 0) is 6.18 Å². The van der Waals surface area contributed by atoms with Crippen LogP contribution >= 0.6 is 0 Å². The monoisotopic (exact) mass is 459 g/mol. The SMILES string of the molecule is O=C(O)c1cc(-c2ccc(-c3nnc[nH]3)cc2)c2ccc(-c3ccc(C(F)(F)F)cc3)cc2c1. The van der Waals surface area contributed by atoms with Gasteiger partial charge in [-0.3, -0.25) is 0 Å². The van der Waals surface area contributed by atoms with Crippen molar-refractivity contribution in [3.8, 4) is 33.6 Å². The second-order valence-corrected chi connectivity index (χ2v) is 7.75. The molecule has 0 unspecified atom stereocenters. The lowest BCUT2D eigenvalue weighted by Crippen LogP contribution is -2.03. The largest absolute Gasteiger partial charge is 0.478 e. The second-order valence-electron chi connectivity index (χ2n) is 7.75. The summed E-state index contributed by atoms with van der Waals surface area (Å²) in [5, 5.41) is 18.9. The van der Waals surface area contributed by atoms with Gasteiger partial charge < -0.3 is 10.1 Å². The fourth-order valence-electron chi connectivity index (χ4n) is 3.92. The highest BCUT2D eigenvalue weighted by Gasteiger charge is 2.30. The van der Waals surface area contributed by atoms with Gasteiger partial charge in [-0.2, -0.15) is 13.2 Å². The molecule has 4 aromatic carbocycles. The van der Waals surface area contributed by atoms with E-state index < -0.39 is 17.7 Å². The minimum absolute atomic E-state index is 0.117. The van der Waals surface area contributed by atoms with E-state index >= 15 is 0 Å². The Balaban J connectivity index is 1.60. The van der Waals surface area contributed by atoms with Crippen molar-refractivity contribution in [2.45, 2.75) is 6.18 Å². The normalized spacial score (nSPS) is 11.6. The molecular weight excluding hydrogens is 443 g/mol. The highest BCUT2D eigenvalue weighted by Crippen LogP contribution is 2.35. The van der Waals surface area contributed by atoms with Crippen molar-refractivity contribution in [1.82, 2.24) is 15.2 Å². The van der Waals surface area contributed by atoms with Gasteiger partial charge in [0.1, 0.15) is 6.33 Å². The summed E-state index contributed by atoms with van der Waals surface area (Å²) in [7, 11) is 0. The van der Waals surface area contributed by atoms with Crippen molar-refractivity contribution >= 4 is 16.7 Å². The number of nitrogens with one attached hydrogen (secondary N) is 1. The van der Waals surface area contributed by atoms with Crippen molar-refractivity contribution in [2.24, 2.45) is 0 Å². The van der Waals surface area contributed by atoms with Crippen LogP contribution in [0.25, 0.3) is 44.4 Å². The quantitative estimate of drug-likeness (QED) is 0.314. The van der Waals surface area contributed by atoms with E-state index in [1.807, 2.05) is 36.4 Å². The van der Waals surface area contributed by atoms with Crippen LogP contribution in [0.4, 0.5) is 13.2 Å². The number of nitrogens with zero attached hydrogens (tertiary/aromatic N) is 2. The van der Waals surface area contributed by atoms with Gasteiger partial charge in [0, 0.05) is 5.56 Å². The smallest absolute Gasteiger partial charge is 0.416 e. The molecule has 0 aliphatic rings. The molecule has 5 nitrogen and oxygen atoms in total. The summed E-state index contributed by atoms with van der Waals surface area (Å²) in [6.45, 7) is 0. The molecule has 1 heterocycles. The highest BCUT2D eigenvalue weighted by atomic mass is 19.4. The lowest BCUT2D eigenvalue weighted by atomic mass is 9.92. The Hall–Kier alpha value is -4.46. The number of alkyl halides is 3. The number of fused-ring (bicyclic) bond motifs is 1. The van der Waals surface area contributed by atoms with Crippen LogP contribution in [0.15, 0.2) is 85.2 Å². The van der Waals surface area contributed by atoms with Crippen LogP contribution in [0.2, 0.25) is 0 Å². The number of carbonyl (C=O) groups is 1. The zero-order valence-corrected chi connectivity index (χ0v) is 17.5. The van der Waals surface area contributed by atoms with Gasteiger partial charge >= 0.3 is 12.1 Å². The Bertz CT molecular complexity index is 1490. The molecule has 168 valence electrons. The number of H-pyrrole nitrogens is 1. The minimum Gasteiger partial charge on any atom is -0.478 e. The molecule has 0 bridgehead atoms. The van der Waals surface area contributed by atoms with Crippen LogP contribution in [0.5, 0.6) is 0 Å².